The Morgan fingerprint density at radius 2 is 2.00 bits per heavy atom. The van der Waals surface area contributed by atoms with Crippen molar-refractivity contribution in [3.8, 4) is 0 Å². The average molecular weight is 313 g/mol. The molecule has 2 heterocycles. The van der Waals surface area contributed by atoms with Crippen molar-refractivity contribution in [1.82, 2.24) is 10.6 Å². The molecule has 2 aliphatic heterocycles. The molecule has 128 valence electrons. The van der Waals surface area contributed by atoms with Crippen molar-refractivity contribution in [2.45, 2.75) is 26.2 Å². The summed E-state index contributed by atoms with van der Waals surface area (Å²) in [5.74, 6) is 1.54. The van der Waals surface area contributed by atoms with Crippen LogP contribution in [0.3, 0.4) is 0 Å². The van der Waals surface area contributed by atoms with Crippen LogP contribution in [0.25, 0.3) is 0 Å². The molecule has 0 radical (unpaired) electrons. The van der Waals surface area contributed by atoms with Crippen molar-refractivity contribution in [3.63, 3.8) is 0 Å². The van der Waals surface area contributed by atoms with E-state index in [2.05, 4.69) is 22.5 Å². The quantitative estimate of drug-likeness (QED) is 0.398. The van der Waals surface area contributed by atoms with Gasteiger partial charge in [-0.1, -0.05) is 6.92 Å². The highest BCUT2D eigenvalue weighted by Gasteiger charge is 2.33. The molecule has 0 aromatic carbocycles. The van der Waals surface area contributed by atoms with Crippen LogP contribution in [0.4, 0.5) is 0 Å². The molecule has 2 fully saturated rings. The van der Waals surface area contributed by atoms with Crippen molar-refractivity contribution in [3.05, 3.63) is 0 Å². The van der Waals surface area contributed by atoms with Gasteiger partial charge in [-0.3, -0.25) is 4.99 Å². The maximum Gasteiger partial charge on any atom is 0.191 e. The summed E-state index contributed by atoms with van der Waals surface area (Å²) in [7, 11) is 1.80. The lowest BCUT2D eigenvalue weighted by atomic mass is 9.89. The Bertz CT molecular complexity index is 340. The molecule has 0 atom stereocenters. The van der Waals surface area contributed by atoms with Crippen LogP contribution in [0.1, 0.15) is 26.2 Å². The Labute approximate surface area is 134 Å². The molecule has 0 saturated carbocycles. The van der Waals surface area contributed by atoms with E-state index in [1.54, 1.807) is 7.05 Å². The van der Waals surface area contributed by atoms with E-state index in [1.165, 1.54) is 0 Å². The van der Waals surface area contributed by atoms with Crippen LogP contribution in [-0.4, -0.2) is 65.7 Å². The highest BCUT2D eigenvalue weighted by molar-refractivity contribution is 5.79. The van der Waals surface area contributed by atoms with E-state index < -0.39 is 0 Å². The lowest BCUT2D eigenvalue weighted by molar-refractivity contribution is -0.0971. The third kappa shape index (κ3) is 6.10. The van der Waals surface area contributed by atoms with Crippen LogP contribution >= 0.6 is 0 Å². The van der Waals surface area contributed by atoms with E-state index in [-0.39, 0.29) is 5.41 Å². The normalized spacial score (nSPS) is 22.2. The zero-order chi connectivity index (χ0) is 15.7. The molecular weight excluding hydrogens is 282 g/mol. The molecule has 0 bridgehead atoms. The first-order valence-electron chi connectivity index (χ1n) is 8.40. The third-order valence-corrected chi connectivity index (χ3v) is 4.26. The summed E-state index contributed by atoms with van der Waals surface area (Å²) < 4.78 is 16.4. The second-order valence-corrected chi connectivity index (χ2v) is 6.64. The number of rotatable bonds is 8. The predicted molar refractivity (Wildman–Crippen MR) is 87.3 cm³/mol. The van der Waals surface area contributed by atoms with Crippen LogP contribution in [0.5, 0.6) is 0 Å². The second kappa shape index (κ2) is 9.33. The molecule has 0 aromatic rings. The Morgan fingerprint density at radius 3 is 2.64 bits per heavy atom. The van der Waals surface area contributed by atoms with Crippen molar-refractivity contribution in [2.24, 2.45) is 16.3 Å². The zero-order valence-corrected chi connectivity index (χ0v) is 14.0. The van der Waals surface area contributed by atoms with Crippen molar-refractivity contribution in [1.29, 1.82) is 0 Å². The Hall–Kier alpha value is -0.850. The van der Waals surface area contributed by atoms with E-state index >= 15 is 0 Å². The Morgan fingerprint density at radius 1 is 1.23 bits per heavy atom. The predicted octanol–water partition coefficient (Wildman–Crippen LogP) is 1.02. The average Bonchev–Trinajstić information content (AvgIpc) is 2.52. The van der Waals surface area contributed by atoms with Crippen molar-refractivity contribution >= 4 is 5.96 Å². The fourth-order valence-electron chi connectivity index (χ4n) is 2.61. The molecule has 2 N–H and O–H groups in total. The number of hydrogen-bond donors (Lipinski definition) is 2. The van der Waals surface area contributed by atoms with Crippen molar-refractivity contribution < 1.29 is 14.2 Å². The molecule has 0 amide bonds. The fraction of sp³-hybridized carbons (Fsp3) is 0.938. The molecule has 6 nitrogen and oxygen atoms in total. The minimum absolute atomic E-state index is 0.254. The Kier molecular flexibility index (Phi) is 7.42. The number of nitrogens with zero attached hydrogens (tertiary/aromatic N) is 1. The van der Waals surface area contributed by atoms with Gasteiger partial charge in [-0.05, 0) is 25.2 Å². The number of guanidine groups is 1. The number of hydrogen-bond acceptors (Lipinski definition) is 4. The van der Waals surface area contributed by atoms with Crippen LogP contribution < -0.4 is 10.6 Å². The molecule has 2 saturated heterocycles. The largest absolute Gasteiger partial charge is 0.381 e. The summed E-state index contributed by atoms with van der Waals surface area (Å²) in [4.78, 5) is 4.24. The van der Waals surface area contributed by atoms with Gasteiger partial charge in [-0.25, -0.2) is 0 Å². The lowest BCUT2D eigenvalue weighted by Gasteiger charge is -2.38. The third-order valence-electron chi connectivity index (χ3n) is 4.26. The molecule has 0 aliphatic carbocycles. The molecule has 0 unspecified atom stereocenters. The zero-order valence-electron chi connectivity index (χ0n) is 14.0. The molecule has 2 rings (SSSR count). The summed E-state index contributed by atoms with van der Waals surface area (Å²) in [5.41, 5.74) is 0.254. The maximum absolute atomic E-state index is 5.76. The van der Waals surface area contributed by atoms with Crippen molar-refractivity contribution in [2.75, 3.05) is 59.8 Å². The van der Waals surface area contributed by atoms with Gasteiger partial charge in [-0.2, -0.15) is 0 Å². The first kappa shape index (κ1) is 17.5. The molecular formula is C16H31N3O3. The topological polar surface area (TPSA) is 64.1 Å². The number of ether oxygens (including phenoxy) is 3. The van der Waals surface area contributed by atoms with E-state index in [1.807, 2.05) is 0 Å². The minimum Gasteiger partial charge on any atom is -0.381 e. The summed E-state index contributed by atoms with van der Waals surface area (Å²) in [6.07, 6.45) is 3.26. The summed E-state index contributed by atoms with van der Waals surface area (Å²) in [5, 5.41) is 6.69. The van der Waals surface area contributed by atoms with Gasteiger partial charge in [0.25, 0.3) is 0 Å². The van der Waals surface area contributed by atoms with Gasteiger partial charge in [0.05, 0.1) is 13.2 Å². The van der Waals surface area contributed by atoms with Gasteiger partial charge in [-0.15, -0.1) is 0 Å². The SMILES string of the molecule is CN=C(NCCCOCC1CCOCC1)NCC1(C)COC1. The van der Waals surface area contributed by atoms with E-state index in [4.69, 9.17) is 14.2 Å². The van der Waals surface area contributed by atoms with Crippen LogP contribution in [0.15, 0.2) is 4.99 Å². The molecule has 6 heteroatoms. The van der Waals surface area contributed by atoms with Gasteiger partial charge >= 0.3 is 0 Å². The summed E-state index contributed by atoms with van der Waals surface area (Å²) in [6, 6.07) is 0. The van der Waals surface area contributed by atoms with E-state index in [0.717, 1.165) is 78.0 Å². The second-order valence-electron chi connectivity index (χ2n) is 6.64. The molecule has 22 heavy (non-hydrogen) atoms. The molecule has 0 aromatic heterocycles. The van der Waals surface area contributed by atoms with Gasteiger partial charge < -0.3 is 24.8 Å². The number of aliphatic imine (C=N–C) groups is 1. The van der Waals surface area contributed by atoms with E-state index in [9.17, 15) is 0 Å². The molecule has 2 aliphatic rings. The van der Waals surface area contributed by atoms with Crippen LogP contribution in [0.2, 0.25) is 0 Å². The standard InChI is InChI=1S/C16H31N3O3/c1-16(12-22-13-16)11-19-15(17-2)18-6-3-7-21-10-14-4-8-20-9-5-14/h14H,3-13H2,1-2H3,(H2,17,18,19). The van der Waals surface area contributed by atoms with Crippen LogP contribution in [-0.2, 0) is 14.2 Å². The monoisotopic (exact) mass is 313 g/mol. The van der Waals surface area contributed by atoms with Gasteiger partial charge in [0.1, 0.15) is 0 Å². The first-order chi connectivity index (χ1) is 10.7. The summed E-state index contributed by atoms with van der Waals surface area (Å²) >= 11 is 0. The Balaban J connectivity index is 1.46. The molecule has 0 spiro atoms. The van der Waals surface area contributed by atoms with Gasteiger partial charge in [0, 0.05) is 52.0 Å². The summed E-state index contributed by atoms with van der Waals surface area (Å²) in [6.45, 7) is 9.10. The maximum atomic E-state index is 5.76. The number of nitrogens with one attached hydrogen (secondary N) is 2. The minimum atomic E-state index is 0.254. The highest BCUT2D eigenvalue weighted by atomic mass is 16.5. The van der Waals surface area contributed by atoms with Crippen LogP contribution in [0, 0.1) is 11.3 Å². The van der Waals surface area contributed by atoms with Gasteiger partial charge in [0.15, 0.2) is 5.96 Å². The highest BCUT2D eigenvalue weighted by Crippen LogP contribution is 2.24. The smallest absolute Gasteiger partial charge is 0.191 e. The fourth-order valence-corrected chi connectivity index (χ4v) is 2.61. The van der Waals surface area contributed by atoms with Gasteiger partial charge in [0.2, 0.25) is 0 Å². The first-order valence-corrected chi connectivity index (χ1v) is 8.40. The lowest BCUT2D eigenvalue weighted by Crippen LogP contribution is -2.51. The van der Waals surface area contributed by atoms with E-state index in [0.29, 0.717) is 5.92 Å².